The van der Waals surface area contributed by atoms with Gasteiger partial charge in [-0.15, -0.1) is 0 Å². The molecule has 0 aliphatic rings. The van der Waals surface area contributed by atoms with Gasteiger partial charge < -0.3 is 14.4 Å². The van der Waals surface area contributed by atoms with E-state index in [9.17, 15) is 9.90 Å². The van der Waals surface area contributed by atoms with Crippen LogP contribution in [0.25, 0.3) is 10.9 Å². The molecule has 0 spiro atoms. The minimum atomic E-state index is -0.342. The van der Waals surface area contributed by atoms with E-state index in [-0.39, 0.29) is 11.7 Å². The molecule has 0 atom stereocenters. The number of nitrogens with zero attached hydrogens (tertiary/aromatic N) is 2. The van der Waals surface area contributed by atoms with Crippen molar-refractivity contribution in [1.82, 2.24) is 4.57 Å². The Morgan fingerprint density at radius 3 is 2.66 bits per heavy atom. The average molecular weight is 384 g/mol. The minimum Gasteiger partial charge on any atom is -0.508 e. The summed E-state index contributed by atoms with van der Waals surface area (Å²) in [4.78, 5) is 16.3. The molecule has 0 saturated carbocycles. The van der Waals surface area contributed by atoms with Gasteiger partial charge in [-0.2, -0.15) is 0 Å². The lowest BCUT2D eigenvalue weighted by molar-refractivity contribution is 0.0600. The number of aromatic hydroxyl groups is 1. The zero-order valence-corrected chi connectivity index (χ0v) is 15.9. The lowest BCUT2D eigenvalue weighted by Crippen LogP contribution is -2.03. The number of carbonyl (C=O) groups is 1. The van der Waals surface area contributed by atoms with Gasteiger partial charge in [0.15, 0.2) is 0 Å². The van der Waals surface area contributed by atoms with Crippen molar-refractivity contribution in [3.05, 3.63) is 95.7 Å². The average Bonchev–Trinajstić information content (AvgIpc) is 3.10. The van der Waals surface area contributed by atoms with E-state index in [1.54, 1.807) is 30.3 Å². The third-order valence-corrected chi connectivity index (χ3v) is 4.72. The maximum Gasteiger partial charge on any atom is 0.337 e. The predicted octanol–water partition coefficient (Wildman–Crippen LogP) is 4.93. The zero-order valence-electron chi connectivity index (χ0n) is 15.9. The molecule has 5 nitrogen and oxygen atoms in total. The molecular formula is C24H20N2O3. The number of hydrogen-bond donors (Lipinski definition) is 1. The van der Waals surface area contributed by atoms with Crippen molar-refractivity contribution in [3.63, 3.8) is 0 Å². The van der Waals surface area contributed by atoms with E-state index in [4.69, 9.17) is 4.74 Å². The lowest BCUT2D eigenvalue weighted by Gasteiger charge is -2.07. The number of benzene rings is 3. The van der Waals surface area contributed by atoms with Gasteiger partial charge in [-0.3, -0.25) is 4.99 Å². The van der Waals surface area contributed by atoms with Crippen LogP contribution in [0.1, 0.15) is 21.5 Å². The second-order valence-electron chi connectivity index (χ2n) is 6.70. The highest BCUT2D eigenvalue weighted by molar-refractivity contribution is 6.00. The van der Waals surface area contributed by atoms with Crippen molar-refractivity contribution in [2.24, 2.45) is 4.99 Å². The first-order valence-electron chi connectivity index (χ1n) is 9.22. The van der Waals surface area contributed by atoms with Crippen molar-refractivity contribution < 1.29 is 14.6 Å². The molecule has 0 unspecified atom stereocenters. The largest absolute Gasteiger partial charge is 0.508 e. The molecule has 0 aliphatic carbocycles. The van der Waals surface area contributed by atoms with Crippen LogP contribution in [0.4, 0.5) is 5.69 Å². The van der Waals surface area contributed by atoms with Crippen LogP contribution in [0, 0.1) is 0 Å². The topological polar surface area (TPSA) is 63.8 Å². The number of aromatic nitrogens is 1. The maximum atomic E-state index is 11.8. The van der Waals surface area contributed by atoms with Gasteiger partial charge in [-0.25, -0.2) is 4.79 Å². The fourth-order valence-corrected chi connectivity index (χ4v) is 3.30. The third kappa shape index (κ3) is 4.04. The van der Waals surface area contributed by atoms with E-state index in [0.29, 0.717) is 12.1 Å². The Labute approximate surface area is 168 Å². The summed E-state index contributed by atoms with van der Waals surface area (Å²) in [6, 6.07) is 22.4. The number of rotatable bonds is 5. The molecular weight excluding hydrogens is 364 g/mol. The Bertz CT molecular complexity index is 1190. The van der Waals surface area contributed by atoms with Crippen LogP contribution in [0.2, 0.25) is 0 Å². The standard InChI is InChI=1S/C24H20N2O3/c1-29-24(28)18-6-4-5-17(13-18)15-26-16-19(22-7-2-3-8-23(22)26)14-25-20-9-11-21(27)12-10-20/h2-14,16,27H,15H2,1H3. The normalized spacial score (nSPS) is 11.2. The third-order valence-electron chi connectivity index (χ3n) is 4.72. The quantitative estimate of drug-likeness (QED) is 0.392. The molecule has 3 aromatic carbocycles. The Kier molecular flexibility index (Phi) is 5.12. The number of methoxy groups -OCH3 is 1. The SMILES string of the molecule is COC(=O)c1cccc(Cn2cc(C=Nc3ccc(O)cc3)c3ccccc32)c1. The van der Waals surface area contributed by atoms with E-state index in [2.05, 4.69) is 27.9 Å². The van der Waals surface area contributed by atoms with Crippen molar-refractivity contribution in [2.75, 3.05) is 7.11 Å². The van der Waals surface area contributed by atoms with E-state index < -0.39 is 0 Å². The lowest BCUT2D eigenvalue weighted by atomic mass is 10.1. The number of fused-ring (bicyclic) bond motifs is 1. The zero-order chi connectivity index (χ0) is 20.2. The molecule has 0 fully saturated rings. The summed E-state index contributed by atoms with van der Waals surface area (Å²) < 4.78 is 6.96. The number of phenols is 1. The first-order chi connectivity index (χ1) is 14.1. The van der Waals surface area contributed by atoms with Crippen LogP contribution < -0.4 is 0 Å². The van der Waals surface area contributed by atoms with Gasteiger partial charge in [0.1, 0.15) is 5.75 Å². The smallest absolute Gasteiger partial charge is 0.337 e. The Morgan fingerprint density at radius 1 is 1.07 bits per heavy atom. The number of ether oxygens (including phenoxy) is 1. The second-order valence-corrected chi connectivity index (χ2v) is 6.70. The van der Waals surface area contributed by atoms with Gasteiger partial charge in [0.25, 0.3) is 0 Å². The van der Waals surface area contributed by atoms with E-state index in [0.717, 1.165) is 27.7 Å². The molecule has 1 N–H and O–H groups in total. The van der Waals surface area contributed by atoms with Crippen LogP contribution >= 0.6 is 0 Å². The second kappa shape index (κ2) is 8.02. The van der Waals surface area contributed by atoms with Gasteiger partial charge in [0.2, 0.25) is 0 Å². The molecule has 144 valence electrons. The number of aliphatic imine (C=N–C) groups is 1. The number of esters is 1. The van der Waals surface area contributed by atoms with Crippen molar-refractivity contribution in [1.29, 1.82) is 0 Å². The molecule has 0 radical (unpaired) electrons. The molecule has 29 heavy (non-hydrogen) atoms. The van der Waals surface area contributed by atoms with Gasteiger partial charge in [-0.1, -0.05) is 30.3 Å². The van der Waals surface area contributed by atoms with E-state index in [1.807, 2.05) is 36.5 Å². The summed E-state index contributed by atoms with van der Waals surface area (Å²) in [6.07, 6.45) is 3.88. The van der Waals surface area contributed by atoms with Gasteiger partial charge >= 0.3 is 5.97 Å². The van der Waals surface area contributed by atoms with Gasteiger partial charge in [0.05, 0.1) is 18.4 Å². The summed E-state index contributed by atoms with van der Waals surface area (Å²) in [5.74, 6) is -0.124. The highest BCUT2D eigenvalue weighted by atomic mass is 16.5. The first-order valence-corrected chi connectivity index (χ1v) is 9.22. The van der Waals surface area contributed by atoms with Gasteiger partial charge in [-0.05, 0) is 48.0 Å². The summed E-state index contributed by atoms with van der Waals surface area (Å²) in [5.41, 5.74) is 4.40. The van der Waals surface area contributed by atoms with Crippen LogP contribution in [-0.2, 0) is 11.3 Å². The van der Waals surface area contributed by atoms with Crippen LogP contribution in [0.5, 0.6) is 5.75 Å². The van der Waals surface area contributed by atoms with Crippen LogP contribution in [0.15, 0.2) is 84.0 Å². The monoisotopic (exact) mass is 384 g/mol. The van der Waals surface area contributed by atoms with Gasteiger partial charge in [0, 0.05) is 35.4 Å². The fraction of sp³-hybridized carbons (Fsp3) is 0.0833. The van der Waals surface area contributed by atoms with Crippen molar-refractivity contribution in [3.8, 4) is 5.75 Å². The number of para-hydroxylation sites is 1. The first kappa shape index (κ1) is 18.5. The summed E-state index contributed by atoms with van der Waals surface area (Å²) >= 11 is 0. The summed E-state index contributed by atoms with van der Waals surface area (Å²) in [7, 11) is 1.38. The highest BCUT2D eigenvalue weighted by Gasteiger charge is 2.09. The van der Waals surface area contributed by atoms with E-state index in [1.165, 1.54) is 7.11 Å². The molecule has 0 bridgehead atoms. The summed E-state index contributed by atoms with van der Waals surface area (Å²) in [5, 5.41) is 10.5. The Hall–Kier alpha value is -3.86. The molecule has 0 amide bonds. The minimum absolute atomic E-state index is 0.217. The van der Waals surface area contributed by atoms with Crippen molar-refractivity contribution in [2.45, 2.75) is 6.54 Å². The number of carbonyl (C=O) groups excluding carboxylic acids is 1. The predicted molar refractivity (Wildman–Crippen MR) is 114 cm³/mol. The molecule has 0 saturated heterocycles. The van der Waals surface area contributed by atoms with Crippen LogP contribution in [-0.4, -0.2) is 29.0 Å². The number of phenolic OH excluding ortho intramolecular Hbond substituents is 1. The molecule has 1 heterocycles. The maximum absolute atomic E-state index is 11.8. The number of hydrogen-bond acceptors (Lipinski definition) is 4. The summed E-state index contributed by atoms with van der Waals surface area (Å²) in [6.45, 7) is 0.623. The highest BCUT2D eigenvalue weighted by Crippen LogP contribution is 2.23. The molecule has 4 rings (SSSR count). The van der Waals surface area contributed by atoms with E-state index >= 15 is 0 Å². The molecule has 0 aliphatic heterocycles. The Morgan fingerprint density at radius 2 is 1.86 bits per heavy atom. The molecule has 1 aromatic heterocycles. The fourth-order valence-electron chi connectivity index (χ4n) is 3.30. The van der Waals surface area contributed by atoms with Crippen molar-refractivity contribution >= 4 is 28.8 Å². The van der Waals surface area contributed by atoms with Crippen LogP contribution in [0.3, 0.4) is 0 Å². The molecule has 5 heteroatoms. The molecule has 4 aromatic rings. The Balaban J connectivity index is 1.67.